The summed E-state index contributed by atoms with van der Waals surface area (Å²) in [6.07, 6.45) is -0.0509. The fraction of sp³-hybridized carbons (Fsp3) is 0.529. The van der Waals surface area contributed by atoms with Crippen molar-refractivity contribution in [3.8, 4) is 0 Å². The molecule has 1 aliphatic rings. The second-order valence-corrected chi connectivity index (χ2v) is 8.12. The number of carbonyl (C=O) groups excluding carboxylic acids is 3. The predicted octanol–water partition coefficient (Wildman–Crippen LogP) is 1.90. The SMILES string of the molecule is CCOC(=O)c1c(NC(=O)/C(N)=N/O)sc2c1CCN(C(=O)OC(C)(C)C)C2. The number of esters is 1. The lowest BCUT2D eigenvalue weighted by atomic mass is 10.0. The first-order valence-electron chi connectivity index (χ1n) is 8.65. The standard InChI is InChI=1S/C17H24N4O6S/c1-5-26-15(23)11-9-6-7-21(16(24)27-17(2,3)4)8-10(9)28-14(11)19-13(22)12(18)20-25/h25H,5-8H2,1-4H3,(H2,18,20)(H,19,22). The van der Waals surface area contributed by atoms with Gasteiger partial charge in [-0.3, -0.25) is 4.79 Å². The largest absolute Gasteiger partial charge is 0.462 e. The molecule has 0 atom stereocenters. The molecule has 0 radical (unpaired) electrons. The molecule has 1 aromatic rings. The number of rotatable bonds is 3. The molecule has 0 saturated carbocycles. The van der Waals surface area contributed by atoms with Crippen molar-refractivity contribution >= 4 is 40.1 Å². The second-order valence-electron chi connectivity index (χ2n) is 7.02. The van der Waals surface area contributed by atoms with E-state index in [0.29, 0.717) is 18.5 Å². The van der Waals surface area contributed by atoms with Gasteiger partial charge in [0.2, 0.25) is 5.84 Å². The molecular formula is C17H24N4O6S. The Morgan fingerprint density at radius 1 is 1.36 bits per heavy atom. The Morgan fingerprint density at radius 2 is 2.04 bits per heavy atom. The normalized spacial score (nSPS) is 14.3. The molecule has 11 heteroatoms. The first kappa shape index (κ1) is 21.5. The minimum atomic E-state index is -0.851. The van der Waals surface area contributed by atoms with Gasteiger partial charge in [0, 0.05) is 11.4 Å². The summed E-state index contributed by atoms with van der Waals surface area (Å²) in [6.45, 7) is 7.79. The van der Waals surface area contributed by atoms with Crippen LogP contribution in [-0.4, -0.2) is 52.7 Å². The Bertz CT molecular complexity index is 811. The second kappa shape index (κ2) is 8.46. The van der Waals surface area contributed by atoms with Crippen molar-refractivity contribution in [2.45, 2.75) is 46.3 Å². The number of oxime groups is 1. The molecule has 2 amide bonds. The number of nitrogens with zero attached hydrogens (tertiary/aromatic N) is 2. The maximum absolute atomic E-state index is 12.4. The van der Waals surface area contributed by atoms with Gasteiger partial charge in [-0.2, -0.15) is 0 Å². The number of ether oxygens (including phenoxy) is 2. The number of nitrogens with one attached hydrogen (secondary N) is 1. The summed E-state index contributed by atoms with van der Waals surface area (Å²) in [4.78, 5) is 39.0. The van der Waals surface area contributed by atoms with Crippen molar-refractivity contribution in [1.29, 1.82) is 0 Å². The molecule has 0 saturated heterocycles. The first-order valence-corrected chi connectivity index (χ1v) is 9.47. The maximum Gasteiger partial charge on any atom is 0.410 e. The molecule has 154 valence electrons. The molecule has 0 fully saturated rings. The number of nitrogens with two attached hydrogens (primary N) is 1. The molecular weight excluding hydrogens is 388 g/mol. The van der Waals surface area contributed by atoms with Gasteiger partial charge in [0.05, 0.1) is 18.7 Å². The quantitative estimate of drug-likeness (QED) is 0.226. The van der Waals surface area contributed by atoms with E-state index in [1.54, 1.807) is 27.7 Å². The van der Waals surface area contributed by atoms with Crippen molar-refractivity contribution in [2.24, 2.45) is 10.9 Å². The third-order valence-corrected chi connectivity index (χ3v) is 4.89. The van der Waals surface area contributed by atoms with E-state index in [4.69, 9.17) is 20.4 Å². The average Bonchev–Trinajstić information content (AvgIpc) is 2.96. The third kappa shape index (κ3) is 4.91. The highest BCUT2D eigenvalue weighted by molar-refractivity contribution is 7.17. The zero-order chi connectivity index (χ0) is 21.1. The van der Waals surface area contributed by atoms with E-state index in [9.17, 15) is 14.4 Å². The van der Waals surface area contributed by atoms with Crippen LogP contribution in [0.5, 0.6) is 0 Å². The van der Waals surface area contributed by atoms with Crippen LogP contribution in [0.4, 0.5) is 9.80 Å². The van der Waals surface area contributed by atoms with E-state index in [-0.39, 0.29) is 23.7 Å². The summed E-state index contributed by atoms with van der Waals surface area (Å²) in [5.74, 6) is -2.08. The van der Waals surface area contributed by atoms with Gasteiger partial charge in [-0.05, 0) is 39.7 Å². The van der Waals surface area contributed by atoms with Crippen LogP contribution in [0.2, 0.25) is 0 Å². The van der Waals surface area contributed by atoms with E-state index in [2.05, 4.69) is 10.5 Å². The predicted molar refractivity (Wildman–Crippen MR) is 103 cm³/mol. The number of fused-ring (bicyclic) bond motifs is 1. The molecule has 0 unspecified atom stereocenters. The van der Waals surface area contributed by atoms with Crippen molar-refractivity contribution < 1.29 is 29.1 Å². The van der Waals surface area contributed by atoms with Crippen molar-refractivity contribution in [3.63, 3.8) is 0 Å². The number of thiophene rings is 1. The third-order valence-electron chi connectivity index (χ3n) is 3.76. The van der Waals surface area contributed by atoms with Crippen molar-refractivity contribution in [1.82, 2.24) is 4.90 Å². The van der Waals surface area contributed by atoms with E-state index >= 15 is 0 Å². The minimum Gasteiger partial charge on any atom is -0.462 e. The van der Waals surface area contributed by atoms with Gasteiger partial charge in [0.25, 0.3) is 5.91 Å². The van der Waals surface area contributed by atoms with E-state index in [1.165, 1.54) is 4.90 Å². The summed E-state index contributed by atoms with van der Waals surface area (Å²) in [6, 6.07) is 0. The zero-order valence-electron chi connectivity index (χ0n) is 16.2. The molecule has 2 rings (SSSR count). The summed E-state index contributed by atoms with van der Waals surface area (Å²) in [5, 5.41) is 14.0. The van der Waals surface area contributed by atoms with Gasteiger partial charge < -0.3 is 30.6 Å². The highest BCUT2D eigenvalue weighted by Gasteiger charge is 2.32. The molecule has 0 aromatic carbocycles. The van der Waals surface area contributed by atoms with Crippen LogP contribution in [0, 0.1) is 0 Å². The maximum atomic E-state index is 12.4. The Hall–Kier alpha value is -2.82. The number of anilines is 1. The van der Waals surface area contributed by atoms with Crippen LogP contribution in [0.15, 0.2) is 5.16 Å². The molecule has 0 spiro atoms. The molecule has 10 nitrogen and oxygen atoms in total. The highest BCUT2D eigenvalue weighted by Crippen LogP contribution is 2.38. The monoisotopic (exact) mass is 412 g/mol. The lowest BCUT2D eigenvalue weighted by Crippen LogP contribution is -2.39. The van der Waals surface area contributed by atoms with E-state index < -0.39 is 29.4 Å². The molecule has 2 heterocycles. The van der Waals surface area contributed by atoms with Gasteiger partial charge in [0.1, 0.15) is 10.6 Å². The lowest BCUT2D eigenvalue weighted by molar-refractivity contribution is -0.110. The van der Waals surface area contributed by atoms with Crippen LogP contribution in [0.3, 0.4) is 0 Å². The molecule has 0 aliphatic carbocycles. The van der Waals surface area contributed by atoms with Crippen LogP contribution >= 0.6 is 11.3 Å². The number of hydrogen-bond donors (Lipinski definition) is 3. The van der Waals surface area contributed by atoms with Crippen molar-refractivity contribution in [2.75, 3.05) is 18.5 Å². The van der Waals surface area contributed by atoms with Gasteiger partial charge in [-0.25, -0.2) is 9.59 Å². The van der Waals surface area contributed by atoms with Crippen LogP contribution < -0.4 is 11.1 Å². The fourth-order valence-corrected chi connectivity index (χ4v) is 3.85. The van der Waals surface area contributed by atoms with Gasteiger partial charge in [-0.15, -0.1) is 11.3 Å². The molecule has 1 aliphatic heterocycles. The fourth-order valence-electron chi connectivity index (χ4n) is 2.61. The van der Waals surface area contributed by atoms with Gasteiger partial charge >= 0.3 is 12.1 Å². The number of amides is 2. The summed E-state index contributed by atoms with van der Waals surface area (Å²) in [7, 11) is 0. The minimum absolute atomic E-state index is 0.168. The smallest absolute Gasteiger partial charge is 0.410 e. The number of hydrogen-bond acceptors (Lipinski definition) is 8. The molecule has 4 N–H and O–H groups in total. The lowest BCUT2D eigenvalue weighted by Gasteiger charge is -2.30. The van der Waals surface area contributed by atoms with Crippen LogP contribution in [0.25, 0.3) is 0 Å². The van der Waals surface area contributed by atoms with Crippen molar-refractivity contribution in [3.05, 3.63) is 16.0 Å². The average molecular weight is 412 g/mol. The zero-order valence-corrected chi connectivity index (χ0v) is 17.0. The Kier molecular flexibility index (Phi) is 6.49. The molecule has 1 aromatic heterocycles. The number of carbonyl (C=O) groups is 3. The van der Waals surface area contributed by atoms with Gasteiger partial charge in [0.15, 0.2) is 0 Å². The summed E-state index contributed by atoms with van der Waals surface area (Å²) >= 11 is 1.14. The van der Waals surface area contributed by atoms with E-state index in [0.717, 1.165) is 16.2 Å². The topological polar surface area (TPSA) is 144 Å². The molecule has 28 heavy (non-hydrogen) atoms. The van der Waals surface area contributed by atoms with E-state index in [1.807, 2.05) is 0 Å². The highest BCUT2D eigenvalue weighted by atomic mass is 32.1. The molecule has 0 bridgehead atoms. The Balaban J connectivity index is 2.33. The van der Waals surface area contributed by atoms with Crippen LogP contribution in [0.1, 0.15) is 48.5 Å². The first-order chi connectivity index (χ1) is 13.1. The summed E-state index contributed by atoms with van der Waals surface area (Å²) in [5.41, 5.74) is 5.61. The Labute approximate surface area is 166 Å². The van der Waals surface area contributed by atoms with Gasteiger partial charge in [-0.1, -0.05) is 5.16 Å². The van der Waals surface area contributed by atoms with Crippen LogP contribution in [-0.2, 0) is 27.2 Å². The Morgan fingerprint density at radius 3 is 2.61 bits per heavy atom. The number of amidine groups is 1. The summed E-state index contributed by atoms with van der Waals surface area (Å²) < 4.78 is 10.5.